The van der Waals surface area contributed by atoms with Crippen LogP contribution in [0.2, 0.25) is 0 Å². The van der Waals surface area contributed by atoms with Gasteiger partial charge in [-0.3, -0.25) is 9.69 Å². The molecule has 0 bridgehead atoms. The number of amides is 2. The lowest BCUT2D eigenvalue weighted by atomic mass is 10.2. The second-order valence-electron chi connectivity index (χ2n) is 6.04. The Morgan fingerprint density at radius 2 is 2.04 bits per heavy atom. The highest BCUT2D eigenvalue weighted by Crippen LogP contribution is 2.15. The Balaban J connectivity index is 1.59. The van der Waals surface area contributed by atoms with Crippen molar-refractivity contribution in [2.45, 2.75) is 25.5 Å². The minimum Gasteiger partial charge on any atom is -0.445 e. The summed E-state index contributed by atoms with van der Waals surface area (Å²) in [6.07, 6.45) is 1.60. The number of alkyl carbamates (subject to hydrolysis) is 1. The summed E-state index contributed by atoms with van der Waals surface area (Å²) >= 11 is 0. The lowest BCUT2D eigenvalue weighted by Crippen LogP contribution is -2.44. The molecule has 0 aromatic heterocycles. The topological polar surface area (TPSA) is 79.9 Å². The van der Waals surface area contributed by atoms with E-state index in [0.29, 0.717) is 19.2 Å². The maximum atomic E-state index is 11.9. The molecule has 7 nitrogen and oxygen atoms in total. The highest BCUT2D eigenvalue weighted by Gasteiger charge is 2.24. The van der Waals surface area contributed by atoms with Crippen LogP contribution in [0.4, 0.5) is 4.79 Å². The molecule has 2 N–H and O–H groups in total. The van der Waals surface area contributed by atoms with Gasteiger partial charge in [0.1, 0.15) is 6.61 Å². The Morgan fingerprint density at radius 1 is 1.24 bits per heavy atom. The van der Waals surface area contributed by atoms with Crippen LogP contribution in [0.5, 0.6) is 0 Å². The number of nitrogens with zero attached hydrogens (tertiary/aromatic N) is 1. The van der Waals surface area contributed by atoms with Crippen molar-refractivity contribution < 1.29 is 19.1 Å². The van der Waals surface area contributed by atoms with Gasteiger partial charge in [-0.05, 0) is 24.9 Å². The van der Waals surface area contributed by atoms with E-state index in [9.17, 15) is 9.59 Å². The zero-order chi connectivity index (χ0) is 17.9. The van der Waals surface area contributed by atoms with Crippen LogP contribution < -0.4 is 10.6 Å². The Labute approximate surface area is 148 Å². The van der Waals surface area contributed by atoms with Crippen LogP contribution in [0.3, 0.4) is 0 Å². The summed E-state index contributed by atoms with van der Waals surface area (Å²) in [6.45, 7) is 3.29. The molecule has 1 fully saturated rings. The molecule has 0 saturated carbocycles. The van der Waals surface area contributed by atoms with E-state index < -0.39 is 6.09 Å². The van der Waals surface area contributed by atoms with Crippen molar-refractivity contribution in [3.8, 4) is 0 Å². The molecular formula is C18H27N3O4. The van der Waals surface area contributed by atoms with Gasteiger partial charge in [-0.25, -0.2) is 4.79 Å². The fourth-order valence-electron chi connectivity index (χ4n) is 2.85. The quantitative estimate of drug-likeness (QED) is 0.699. The second-order valence-corrected chi connectivity index (χ2v) is 6.04. The van der Waals surface area contributed by atoms with Gasteiger partial charge in [0.2, 0.25) is 5.91 Å². The van der Waals surface area contributed by atoms with Crippen LogP contribution in [0.25, 0.3) is 0 Å². The number of carbonyl (C=O) groups excluding carboxylic acids is 2. The molecule has 1 aliphatic rings. The van der Waals surface area contributed by atoms with Crippen molar-refractivity contribution in [1.29, 1.82) is 0 Å². The minimum atomic E-state index is -0.596. The number of nitrogens with one attached hydrogen (secondary N) is 2. The molecular weight excluding hydrogens is 322 g/mol. The standard InChI is InChI=1S/C18H27N3O4/c1-24-11-10-21-9-5-8-16(21)12-19-17(22)13-20-18(23)25-14-15-6-3-2-4-7-15/h2-4,6-7,16H,5,8-14H2,1H3,(H,19,22)(H,20,23). The summed E-state index contributed by atoms with van der Waals surface area (Å²) in [5, 5.41) is 5.34. The number of benzene rings is 1. The van der Waals surface area contributed by atoms with Gasteiger partial charge in [0.25, 0.3) is 0 Å². The SMILES string of the molecule is COCCN1CCCC1CNC(=O)CNC(=O)OCc1ccccc1. The molecule has 1 aromatic rings. The Kier molecular flexibility index (Phi) is 8.21. The van der Waals surface area contributed by atoms with Crippen LogP contribution in [0.15, 0.2) is 30.3 Å². The first-order valence-corrected chi connectivity index (χ1v) is 8.63. The Hall–Kier alpha value is -2.12. The predicted octanol–water partition coefficient (Wildman–Crippen LogP) is 1.14. The molecule has 7 heteroatoms. The van der Waals surface area contributed by atoms with E-state index in [1.165, 1.54) is 0 Å². The molecule has 2 rings (SSSR count). The monoisotopic (exact) mass is 349 g/mol. The van der Waals surface area contributed by atoms with Gasteiger partial charge in [-0.2, -0.15) is 0 Å². The van der Waals surface area contributed by atoms with Gasteiger partial charge >= 0.3 is 6.09 Å². The van der Waals surface area contributed by atoms with Crippen molar-refractivity contribution in [3.63, 3.8) is 0 Å². The fraction of sp³-hybridized carbons (Fsp3) is 0.556. The van der Waals surface area contributed by atoms with E-state index in [4.69, 9.17) is 9.47 Å². The number of carbonyl (C=O) groups is 2. The first kappa shape index (κ1) is 19.2. The summed E-state index contributed by atoms with van der Waals surface area (Å²) in [5.74, 6) is -0.213. The molecule has 1 saturated heterocycles. The Bertz CT molecular complexity index is 538. The maximum Gasteiger partial charge on any atom is 0.407 e. The van der Waals surface area contributed by atoms with E-state index in [1.807, 2.05) is 30.3 Å². The number of methoxy groups -OCH3 is 1. The summed E-state index contributed by atoms with van der Waals surface area (Å²) < 4.78 is 10.2. The summed E-state index contributed by atoms with van der Waals surface area (Å²) in [7, 11) is 1.69. The van der Waals surface area contributed by atoms with Crippen LogP contribution >= 0.6 is 0 Å². The zero-order valence-electron chi connectivity index (χ0n) is 14.7. The van der Waals surface area contributed by atoms with E-state index >= 15 is 0 Å². The highest BCUT2D eigenvalue weighted by atomic mass is 16.5. The molecule has 2 amide bonds. The number of hydrogen-bond acceptors (Lipinski definition) is 5. The van der Waals surface area contributed by atoms with Gasteiger partial charge in [-0.1, -0.05) is 30.3 Å². The van der Waals surface area contributed by atoms with E-state index in [-0.39, 0.29) is 19.1 Å². The summed E-state index contributed by atoms with van der Waals surface area (Å²) in [5.41, 5.74) is 0.902. The maximum absolute atomic E-state index is 11.9. The van der Waals surface area contributed by atoms with Gasteiger partial charge in [0.15, 0.2) is 0 Å². The van der Waals surface area contributed by atoms with Crippen molar-refractivity contribution in [1.82, 2.24) is 15.5 Å². The van der Waals surface area contributed by atoms with E-state index in [2.05, 4.69) is 15.5 Å². The first-order chi connectivity index (χ1) is 12.2. The molecule has 25 heavy (non-hydrogen) atoms. The van der Waals surface area contributed by atoms with Crippen LogP contribution in [-0.2, 0) is 20.9 Å². The number of ether oxygens (including phenoxy) is 2. The lowest BCUT2D eigenvalue weighted by molar-refractivity contribution is -0.120. The third-order valence-electron chi connectivity index (χ3n) is 4.22. The zero-order valence-corrected chi connectivity index (χ0v) is 14.7. The van der Waals surface area contributed by atoms with E-state index in [0.717, 1.165) is 31.5 Å². The third kappa shape index (κ3) is 7.11. The normalized spacial score (nSPS) is 17.2. The summed E-state index contributed by atoms with van der Waals surface area (Å²) in [6, 6.07) is 9.73. The molecule has 1 aliphatic heterocycles. The molecule has 1 unspecified atom stereocenters. The van der Waals surface area contributed by atoms with Crippen LogP contribution in [0, 0.1) is 0 Å². The predicted molar refractivity (Wildman–Crippen MR) is 94.1 cm³/mol. The molecule has 0 aliphatic carbocycles. The third-order valence-corrected chi connectivity index (χ3v) is 4.22. The molecule has 1 atom stereocenters. The number of likely N-dealkylation sites (tertiary alicyclic amines) is 1. The number of hydrogen-bond donors (Lipinski definition) is 2. The van der Waals surface area contributed by atoms with Crippen LogP contribution in [-0.4, -0.2) is 62.8 Å². The average Bonchev–Trinajstić information content (AvgIpc) is 3.09. The van der Waals surface area contributed by atoms with Gasteiger partial charge in [0.05, 0.1) is 13.2 Å². The largest absolute Gasteiger partial charge is 0.445 e. The minimum absolute atomic E-state index is 0.0849. The van der Waals surface area contributed by atoms with E-state index in [1.54, 1.807) is 7.11 Å². The molecule has 138 valence electrons. The van der Waals surface area contributed by atoms with Gasteiger partial charge in [-0.15, -0.1) is 0 Å². The van der Waals surface area contributed by atoms with Crippen molar-refractivity contribution in [3.05, 3.63) is 35.9 Å². The van der Waals surface area contributed by atoms with Crippen molar-refractivity contribution in [2.75, 3.05) is 39.9 Å². The number of rotatable bonds is 9. The van der Waals surface area contributed by atoms with Gasteiger partial charge in [0, 0.05) is 26.2 Å². The van der Waals surface area contributed by atoms with Crippen molar-refractivity contribution >= 4 is 12.0 Å². The molecule has 1 heterocycles. The smallest absolute Gasteiger partial charge is 0.407 e. The fourth-order valence-corrected chi connectivity index (χ4v) is 2.85. The Morgan fingerprint density at radius 3 is 2.80 bits per heavy atom. The summed E-state index contributed by atoms with van der Waals surface area (Å²) in [4.78, 5) is 25.8. The molecule has 1 aromatic carbocycles. The van der Waals surface area contributed by atoms with Crippen LogP contribution in [0.1, 0.15) is 18.4 Å². The molecule has 0 spiro atoms. The van der Waals surface area contributed by atoms with Gasteiger partial charge < -0.3 is 20.1 Å². The average molecular weight is 349 g/mol. The first-order valence-electron chi connectivity index (χ1n) is 8.63. The second kappa shape index (κ2) is 10.7. The molecule has 0 radical (unpaired) electrons. The van der Waals surface area contributed by atoms with Crippen molar-refractivity contribution in [2.24, 2.45) is 0 Å². The lowest BCUT2D eigenvalue weighted by Gasteiger charge is -2.24. The highest BCUT2D eigenvalue weighted by molar-refractivity contribution is 5.82.